The van der Waals surface area contributed by atoms with E-state index in [2.05, 4.69) is 10.1 Å². The molecule has 28 heavy (non-hydrogen) atoms. The largest absolute Gasteiger partial charge is 0.573 e. The van der Waals surface area contributed by atoms with Crippen molar-refractivity contribution in [2.45, 2.75) is 26.3 Å². The molecule has 0 aliphatic carbocycles. The fourth-order valence-corrected chi connectivity index (χ4v) is 2.71. The van der Waals surface area contributed by atoms with Gasteiger partial charge in [-0.15, -0.1) is 13.2 Å². The summed E-state index contributed by atoms with van der Waals surface area (Å²) in [6.07, 6.45) is -4.74. The van der Waals surface area contributed by atoms with E-state index in [1.54, 1.807) is 12.1 Å². The van der Waals surface area contributed by atoms with Gasteiger partial charge < -0.3 is 19.5 Å². The fraction of sp³-hybridized carbons (Fsp3) is 0.316. The van der Waals surface area contributed by atoms with Crippen LogP contribution in [0.5, 0.6) is 17.2 Å². The monoisotopic (exact) mass is 417 g/mol. The van der Waals surface area contributed by atoms with Crippen molar-refractivity contribution >= 4 is 17.5 Å². The summed E-state index contributed by atoms with van der Waals surface area (Å²) in [6.45, 7) is 2.46. The van der Waals surface area contributed by atoms with E-state index in [1.165, 1.54) is 19.2 Å². The summed E-state index contributed by atoms with van der Waals surface area (Å²) in [5.74, 6) is 0.253. The summed E-state index contributed by atoms with van der Waals surface area (Å²) in [4.78, 5) is 12.1. The van der Waals surface area contributed by atoms with Crippen LogP contribution in [-0.4, -0.2) is 26.0 Å². The van der Waals surface area contributed by atoms with Crippen molar-refractivity contribution in [2.24, 2.45) is 0 Å². The number of hydrogen-bond acceptors (Lipinski definition) is 4. The highest BCUT2D eigenvalue weighted by atomic mass is 35.5. The van der Waals surface area contributed by atoms with Crippen molar-refractivity contribution in [1.82, 2.24) is 5.32 Å². The maximum absolute atomic E-state index is 12.2. The summed E-state index contributed by atoms with van der Waals surface area (Å²) in [5, 5.41) is 3.09. The van der Waals surface area contributed by atoms with E-state index in [9.17, 15) is 18.0 Å². The number of benzene rings is 2. The van der Waals surface area contributed by atoms with Gasteiger partial charge in [0.1, 0.15) is 5.75 Å². The first-order chi connectivity index (χ1) is 13.2. The van der Waals surface area contributed by atoms with Gasteiger partial charge in [-0.3, -0.25) is 4.79 Å². The molecule has 1 N–H and O–H groups in total. The Balaban J connectivity index is 1.94. The number of methoxy groups -OCH3 is 1. The van der Waals surface area contributed by atoms with Gasteiger partial charge in [0.2, 0.25) is 5.91 Å². The van der Waals surface area contributed by atoms with Crippen LogP contribution in [0.1, 0.15) is 18.1 Å². The Morgan fingerprint density at radius 3 is 2.39 bits per heavy atom. The molecule has 0 aliphatic heterocycles. The standard InChI is InChI=1S/C19H19ClF3NO4/c1-3-27-18-15(20)8-13(9-16(18)26-2)11-24-17(25)10-12-4-6-14(7-5-12)28-19(21,22)23/h4-9H,3,10-11H2,1-2H3,(H,24,25). The molecule has 0 aliphatic rings. The molecule has 0 aromatic heterocycles. The highest BCUT2D eigenvalue weighted by Gasteiger charge is 2.30. The minimum Gasteiger partial charge on any atom is -0.493 e. The summed E-state index contributed by atoms with van der Waals surface area (Å²) in [5.41, 5.74) is 1.27. The molecule has 0 fully saturated rings. The SMILES string of the molecule is CCOc1c(Cl)cc(CNC(=O)Cc2ccc(OC(F)(F)F)cc2)cc1OC. The number of halogens is 4. The van der Waals surface area contributed by atoms with Gasteiger partial charge in [-0.1, -0.05) is 23.7 Å². The van der Waals surface area contributed by atoms with Crippen LogP contribution in [0.15, 0.2) is 36.4 Å². The first-order valence-electron chi connectivity index (χ1n) is 8.32. The molecule has 0 bridgehead atoms. The fourth-order valence-electron chi connectivity index (χ4n) is 2.42. The molecule has 5 nitrogen and oxygen atoms in total. The molecule has 152 valence electrons. The molecule has 0 saturated heterocycles. The maximum atomic E-state index is 12.2. The van der Waals surface area contributed by atoms with Crippen molar-refractivity contribution < 1.29 is 32.2 Å². The molecule has 2 rings (SSSR count). The van der Waals surface area contributed by atoms with Gasteiger partial charge in [0.05, 0.1) is 25.2 Å². The Labute approximate surface area is 165 Å². The zero-order chi connectivity index (χ0) is 20.7. The van der Waals surface area contributed by atoms with Crippen LogP contribution in [0.25, 0.3) is 0 Å². The zero-order valence-electron chi connectivity index (χ0n) is 15.2. The van der Waals surface area contributed by atoms with Crippen LogP contribution >= 0.6 is 11.6 Å². The van der Waals surface area contributed by atoms with Crippen LogP contribution in [0.2, 0.25) is 5.02 Å². The van der Waals surface area contributed by atoms with Crippen molar-refractivity contribution in [2.75, 3.05) is 13.7 Å². The normalized spacial score (nSPS) is 11.1. The molecule has 1 amide bonds. The number of hydrogen-bond donors (Lipinski definition) is 1. The van der Waals surface area contributed by atoms with Crippen LogP contribution in [0.4, 0.5) is 13.2 Å². The highest BCUT2D eigenvalue weighted by Crippen LogP contribution is 2.36. The van der Waals surface area contributed by atoms with Crippen molar-refractivity contribution in [3.63, 3.8) is 0 Å². The summed E-state index contributed by atoms with van der Waals surface area (Å²) in [7, 11) is 1.49. The Morgan fingerprint density at radius 1 is 1.14 bits per heavy atom. The van der Waals surface area contributed by atoms with Crippen molar-refractivity contribution in [1.29, 1.82) is 0 Å². The molecule has 0 atom stereocenters. The summed E-state index contributed by atoms with van der Waals surface area (Å²) >= 11 is 6.19. The molecule has 0 radical (unpaired) electrons. The van der Waals surface area contributed by atoms with E-state index in [4.69, 9.17) is 21.1 Å². The number of alkyl halides is 3. The van der Waals surface area contributed by atoms with E-state index in [0.717, 1.165) is 12.1 Å². The average Bonchev–Trinajstić information content (AvgIpc) is 2.62. The van der Waals surface area contributed by atoms with E-state index < -0.39 is 6.36 Å². The number of nitrogens with one attached hydrogen (secondary N) is 1. The van der Waals surface area contributed by atoms with E-state index in [-0.39, 0.29) is 24.6 Å². The Kier molecular flexibility index (Phi) is 7.39. The van der Waals surface area contributed by atoms with Crippen LogP contribution in [0, 0.1) is 0 Å². The Hall–Kier alpha value is -2.61. The first kappa shape index (κ1) is 21.7. The number of carbonyl (C=O) groups is 1. The molecule has 0 heterocycles. The van der Waals surface area contributed by atoms with Crippen LogP contribution in [0.3, 0.4) is 0 Å². The van der Waals surface area contributed by atoms with E-state index in [0.29, 0.717) is 34.3 Å². The Bertz CT molecular complexity index is 810. The van der Waals surface area contributed by atoms with Gasteiger partial charge in [0, 0.05) is 6.54 Å². The zero-order valence-corrected chi connectivity index (χ0v) is 16.0. The highest BCUT2D eigenvalue weighted by molar-refractivity contribution is 6.32. The Morgan fingerprint density at radius 2 is 1.82 bits per heavy atom. The minimum atomic E-state index is -4.75. The van der Waals surface area contributed by atoms with Gasteiger partial charge in [-0.2, -0.15) is 0 Å². The van der Waals surface area contributed by atoms with Crippen molar-refractivity contribution in [3.8, 4) is 17.2 Å². The van der Waals surface area contributed by atoms with Gasteiger partial charge in [0.25, 0.3) is 0 Å². The van der Waals surface area contributed by atoms with E-state index in [1.807, 2.05) is 6.92 Å². The van der Waals surface area contributed by atoms with Gasteiger partial charge >= 0.3 is 6.36 Å². The topological polar surface area (TPSA) is 56.8 Å². The third-order valence-electron chi connectivity index (χ3n) is 3.59. The lowest BCUT2D eigenvalue weighted by atomic mass is 10.1. The first-order valence-corrected chi connectivity index (χ1v) is 8.70. The predicted octanol–water partition coefficient (Wildman–Crippen LogP) is 4.50. The van der Waals surface area contributed by atoms with Crippen LogP contribution < -0.4 is 19.5 Å². The smallest absolute Gasteiger partial charge is 0.493 e. The molecule has 2 aromatic rings. The number of amides is 1. The van der Waals surface area contributed by atoms with Gasteiger partial charge in [-0.05, 0) is 42.3 Å². The quantitative estimate of drug-likeness (QED) is 0.687. The third kappa shape index (κ3) is 6.53. The molecule has 9 heteroatoms. The third-order valence-corrected chi connectivity index (χ3v) is 3.87. The van der Waals surface area contributed by atoms with Crippen LogP contribution in [-0.2, 0) is 17.8 Å². The van der Waals surface area contributed by atoms with Crippen molar-refractivity contribution in [3.05, 3.63) is 52.5 Å². The molecule has 0 unspecified atom stereocenters. The average molecular weight is 418 g/mol. The van der Waals surface area contributed by atoms with Gasteiger partial charge in [-0.25, -0.2) is 0 Å². The predicted molar refractivity (Wildman–Crippen MR) is 97.8 cm³/mol. The minimum absolute atomic E-state index is 0.00813. The second-order valence-corrected chi connectivity index (χ2v) is 6.09. The maximum Gasteiger partial charge on any atom is 0.573 e. The number of rotatable bonds is 8. The molecule has 0 saturated carbocycles. The number of carbonyl (C=O) groups excluding carboxylic acids is 1. The van der Waals surface area contributed by atoms with Gasteiger partial charge in [0.15, 0.2) is 11.5 Å². The lowest BCUT2D eigenvalue weighted by Gasteiger charge is -2.13. The molecule has 0 spiro atoms. The molecule has 2 aromatic carbocycles. The summed E-state index contributed by atoms with van der Waals surface area (Å²) < 4.78 is 50.9. The van der Waals surface area contributed by atoms with E-state index >= 15 is 0 Å². The second kappa shape index (κ2) is 9.54. The lowest BCUT2D eigenvalue weighted by molar-refractivity contribution is -0.274. The molecular weight excluding hydrogens is 399 g/mol. The number of ether oxygens (including phenoxy) is 3. The summed E-state index contributed by atoms with van der Waals surface area (Å²) in [6, 6.07) is 8.49. The molecular formula is C19H19ClF3NO4. The second-order valence-electron chi connectivity index (χ2n) is 5.69. The lowest BCUT2D eigenvalue weighted by Crippen LogP contribution is -2.24.